The van der Waals surface area contributed by atoms with E-state index in [-0.39, 0.29) is 28.5 Å². The summed E-state index contributed by atoms with van der Waals surface area (Å²) in [6, 6.07) is -0.0134. The van der Waals surface area contributed by atoms with Crippen molar-refractivity contribution in [2.75, 3.05) is 24.3 Å². The Morgan fingerprint density at radius 1 is 1.41 bits per heavy atom. The van der Waals surface area contributed by atoms with Crippen LogP contribution in [0.25, 0.3) is 0 Å². The zero-order chi connectivity index (χ0) is 16.2. The normalized spacial score (nSPS) is 27.2. The number of amides is 2. The molecule has 2 fully saturated rings. The molecule has 0 spiro atoms. The van der Waals surface area contributed by atoms with Crippen LogP contribution in [0, 0.1) is 11.3 Å². The van der Waals surface area contributed by atoms with Gasteiger partial charge in [-0.15, -0.1) is 11.8 Å². The molecule has 126 valence electrons. The van der Waals surface area contributed by atoms with E-state index in [0.29, 0.717) is 18.9 Å². The maximum atomic E-state index is 12.2. The van der Waals surface area contributed by atoms with Crippen LogP contribution in [0.3, 0.4) is 0 Å². The van der Waals surface area contributed by atoms with Crippen molar-refractivity contribution < 1.29 is 9.59 Å². The van der Waals surface area contributed by atoms with Gasteiger partial charge in [-0.2, -0.15) is 11.8 Å². The average Bonchev–Trinajstić information content (AvgIpc) is 3.06. The molecule has 2 amide bonds. The second-order valence-electron chi connectivity index (χ2n) is 6.88. The molecule has 2 unspecified atom stereocenters. The van der Waals surface area contributed by atoms with E-state index in [1.54, 1.807) is 11.8 Å². The summed E-state index contributed by atoms with van der Waals surface area (Å²) in [5.41, 5.74) is 0.256. The van der Waals surface area contributed by atoms with E-state index in [1.165, 1.54) is 12.8 Å². The fourth-order valence-corrected chi connectivity index (χ4v) is 5.38. The van der Waals surface area contributed by atoms with Gasteiger partial charge in [0.1, 0.15) is 0 Å². The zero-order valence-electron chi connectivity index (χ0n) is 13.8. The van der Waals surface area contributed by atoms with E-state index < -0.39 is 0 Å². The van der Waals surface area contributed by atoms with E-state index in [0.717, 1.165) is 17.9 Å². The first kappa shape index (κ1) is 18.0. The fraction of sp³-hybridized carbons (Fsp3) is 0.875. The summed E-state index contributed by atoms with van der Waals surface area (Å²) in [5, 5.41) is 6.09. The topological polar surface area (TPSA) is 58.2 Å². The molecule has 3 atom stereocenters. The standard InChI is InChI=1S/C16H28N2O2S2/c1-11-4-7-22-14(11)15(20)18-12(2)9-17-13(19)8-16(5-6-16)10-21-3/h11-12,14H,4-10H2,1-3H3,(H,17,19)(H,18,20)/t11?,12-,14?/m1/s1. The Bertz CT molecular complexity index is 413. The number of rotatable bonds is 8. The average molecular weight is 345 g/mol. The first-order valence-electron chi connectivity index (χ1n) is 8.13. The highest BCUT2D eigenvalue weighted by Gasteiger charge is 2.43. The van der Waals surface area contributed by atoms with Crippen molar-refractivity contribution in [3.8, 4) is 0 Å². The van der Waals surface area contributed by atoms with Gasteiger partial charge in [-0.05, 0) is 55.3 Å². The number of carbonyl (C=O) groups is 2. The number of hydrogen-bond donors (Lipinski definition) is 2. The molecule has 1 saturated carbocycles. The molecule has 0 aromatic heterocycles. The Hall–Kier alpha value is -0.360. The third-order valence-corrected chi connectivity index (χ3v) is 6.99. The highest BCUT2D eigenvalue weighted by Crippen LogP contribution is 2.50. The lowest BCUT2D eigenvalue weighted by molar-refractivity contribution is -0.124. The van der Waals surface area contributed by atoms with E-state index >= 15 is 0 Å². The molecule has 0 aromatic carbocycles. The van der Waals surface area contributed by atoms with Crippen LogP contribution < -0.4 is 10.6 Å². The van der Waals surface area contributed by atoms with Gasteiger partial charge >= 0.3 is 0 Å². The molecule has 1 aliphatic heterocycles. The minimum absolute atomic E-state index is 0.0134. The highest BCUT2D eigenvalue weighted by molar-refractivity contribution is 8.00. The van der Waals surface area contributed by atoms with Gasteiger partial charge in [-0.1, -0.05) is 6.92 Å². The summed E-state index contributed by atoms with van der Waals surface area (Å²) in [6.45, 7) is 4.61. The van der Waals surface area contributed by atoms with E-state index in [9.17, 15) is 9.59 Å². The lowest BCUT2D eigenvalue weighted by atomic mass is 10.0. The summed E-state index contributed by atoms with van der Waals surface area (Å²) in [7, 11) is 0. The quantitative estimate of drug-likeness (QED) is 0.709. The van der Waals surface area contributed by atoms with Gasteiger partial charge in [0.15, 0.2) is 0 Å². The minimum atomic E-state index is -0.0134. The molecule has 0 radical (unpaired) electrons. The fourth-order valence-electron chi connectivity index (χ4n) is 2.93. The molecule has 1 saturated heterocycles. The predicted octanol–water partition coefficient (Wildman–Crippen LogP) is 2.28. The third kappa shape index (κ3) is 5.08. The van der Waals surface area contributed by atoms with Crippen molar-refractivity contribution in [1.82, 2.24) is 10.6 Å². The number of thioether (sulfide) groups is 2. The Morgan fingerprint density at radius 2 is 2.14 bits per heavy atom. The van der Waals surface area contributed by atoms with Gasteiger partial charge < -0.3 is 10.6 Å². The van der Waals surface area contributed by atoms with Crippen molar-refractivity contribution >= 4 is 35.3 Å². The van der Waals surface area contributed by atoms with Crippen LogP contribution in [0.1, 0.15) is 39.5 Å². The third-order valence-electron chi connectivity index (χ3n) is 4.58. The van der Waals surface area contributed by atoms with Crippen LogP contribution in [-0.2, 0) is 9.59 Å². The molecular formula is C16H28N2O2S2. The van der Waals surface area contributed by atoms with Crippen molar-refractivity contribution in [3.63, 3.8) is 0 Å². The second kappa shape index (κ2) is 7.95. The van der Waals surface area contributed by atoms with Crippen LogP contribution in [0.15, 0.2) is 0 Å². The van der Waals surface area contributed by atoms with Crippen LogP contribution >= 0.6 is 23.5 Å². The van der Waals surface area contributed by atoms with Gasteiger partial charge in [0.2, 0.25) is 11.8 Å². The number of hydrogen-bond acceptors (Lipinski definition) is 4. The Kier molecular flexibility index (Phi) is 6.50. The lowest BCUT2D eigenvalue weighted by Gasteiger charge is -2.20. The van der Waals surface area contributed by atoms with Crippen LogP contribution in [0.2, 0.25) is 0 Å². The minimum Gasteiger partial charge on any atom is -0.354 e. The van der Waals surface area contributed by atoms with Gasteiger partial charge in [0.05, 0.1) is 5.25 Å². The van der Waals surface area contributed by atoms with Crippen molar-refractivity contribution in [2.24, 2.45) is 11.3 Å². The molecule has 1 aliphatic carbocycles. The maximum Gasteiger partial charge on any atom is 0.233 e. The van der Waals surface area contributed by atoms with Crippen LogP contribution in [0.5, 0.6) is 0 Å². The largest absolute Gasteiger partial charge is 0.354 e. The first-order valence-corrected chi connectivity index (χ1v) is 10.6. The summed E-state index contributed by atoms with van der Waals surface area (Å²) in [5.74, 6) is 2.84. The molecule has 4 nitrogen and oxygen atoms in total. The van der Waals surface area contributed by atoms with E-state index in [2.05, 4.69) is 23.8 Å². The zero-order valence-corrected chi connectivity index (χ0v) is 15.4. The van der Waals surface area contributed by atoms with Gasteiger partial charge in [-0.3, -0.25) is 9.59 Å². The maximum absolute atomic E-state index is 12.2. The van der Waals surface area contributed by atoms with E-state index in [4.69, 9.17) is 0 Å². The predicted molar refractivity (Wildman–Crippen MR) is 95.3 cm³/mol. The van der Waals surface area contributed by atoms with Gasteiger partial charge in [-0.25, -0.2) is 0 Å². The molecule has 22 heavy (non-hydrogen) atoms. The van der Waals surface area contributed by atoms with Gasteiger partial charge in [0, 0.05) is 19.0 Å². The molecule has 1 heterocycles. The SMILES string of the molecule is CSCC1(CC(=O)NC[C@@H](C)NC(=O)C2SCCC2C)CC1. The van der Waals surface area contributed by atoms with Crippen molar-refractivity contribution in [3.05, 3.63) is 0 Å². The Balaban J connectivity index is 1.65. The molecule has 2 rings (SSSR count). The molecule has 6 heteroatoms. The summed E-state index contributed by atoms with van der Waals surface area (Å²) in [4.78, 5) is 24.2. The Labute approximate surface area is 142 Å². The van der Waals surface area contributed by atoms with E-state index in [1.807, 2.05) is 18.7 Å². The molecule has 0 aromatic rings. The molecular weight excluding hydrogens is 316 g/mol. The number of carbonyl (C=O) groups excluding carboxylic acids is 2. The summed E-state index contributed by atoms with van der Waals surface area (Å²) >= 11 is 3.57. The monoisotopic (exact) mass is 344 g/mol. The van der Waals surface area contributed by atoms with Crippen LogP contribution in [0.4, 0.5) is 0 Å². The summed E-state index contributed by atoms with van der Waals surface area (Å²) in [6.07, 6.45) is 6.18. The second-order valence-corrected chi connectivity index (χ2v) is 9.00. The molecule has 2 aliphatic rings. The summed E-state index contributed by atoms with van der Waals surface area (Å²) < 4.78 is 0. The first-order chi connectivity index (χ1) is 10.5. The molecule has 0 bridgehead atoms. The smallest absolute Gasteiger partial charge is 0.233 e. The lowest BCUT2D eigenvalue weighted by Crippen LogP contribution is -2.45. The van der Waals surface area contributed by atoms with Gasteiger partial charge in [0.25, 0.3) is 0 Å². The molecule has 2 N–H and O–H groups in total. The van der Waals surface area contributed by atoms with Crippen molar-refractivity contribution in [1.29, 1.82) is 0 Å². The Morgan fingerprint density at radius 3 is 2.68 bits per heavy atom. The van der Waals surface area contributed by atoms with Crippen LogP contribution in [-0.4, -0.2) is 47.4 Å². The highest BCUT2D eigenvalue weighted by atomic mass is 32.2. The number of nitrogens with one attached hydrogen (secondary N) is 2. The van der Waals surface area contributed by atoms with Crippen molar-refractivity contribution in [2.45, 2.75) is 50.8 Å².